The molecule has 0 amide bonds. The summed E-state index contributed by atoms with van der Waals surface area (Å²) in [4.78, 5) is 15.1. The molecule has 0 radical (unpaired) electrons. The Bertz CT molecular complexity index is 1130. The Kier molecular flexibility index (Phi) is 4.64. The third-order valence-electron chi connectivity index (χ3n) is 5.43. The molecule has 152 valence electrons. The number of rotatable bonds is 4. The van der Waals surface area contributed by atoms with Crippen molar-refractivity contribution >= 4 is 11.9 Å². The Hall–Kier alpha value is -3.38. The Balaban J connectivity index is 1.39. The van der Waals surface area contributed by atoms with Crippen LogP contribution < -0.4 is 9.47 Å². The summed E-state index contributed by atoms with van der Waals surface area (Å²) < 4.78 is 30.4. The standard InChI is InChI=1S/C24H20FNO4/c1-15-11-20-19(13-26(14-29-20)9-8-16-4-6-17(25)7-5-16)24-22(15)23(27)21(30-24)12-18-3-2-10-28-18/h2-7,10-12H,8-9,13-14H2,1H3/b21-12+. The van der Waals surface area contributed by atoms with Crippen molar-refractivity contribution in [2.24, 2.45) is 0 Å². The second kappa shape index (κ2) is 7.46. The van der Waals surface area contributed by atoms with E-state index in [0.29, 0.717) is 30.3 Å². The zero-order valence-corrected chi connectivity index (χ0v) is 16.5. The molecule has 0 aliphatic carbocycles. The quantitative estimate of drug-likeness (QED) is 0.587. The van der Waals surface area contributed by atoms with Crippen LogP contribution in [0.2, 0.25) is 0 Å². The summed E-state index contributed by atoms with van der Waals surface area (Å²) in [6.07, 6.45) is 3.94. The molecule has 1 aromatic heterocycles. The van der Waals surface area contributed by atoms with Crippen LogP contribution in [0.5, 0.6) is 11.5 Å². The van der Waals surface area contributed by atoms with Gasteiger partial charge in [-0.05, 0) is 54.8 Å². The Morgan fingerprint density at radius 1 is 1.20 bits per heavy atom. The van der Waals surface area contributed by atoms with E-state index in [1.165, 1.54) is 12.1 Å². The topological polar surface area (TPSA) is 51.9 Å². The number of Topliss-reactive ketones (excluding diaryl/α,β-unsaturated/α-hetero) is 1. The van der Waals surface area contributed by atoms with E-state index in [1.54, 1.807) is 36.6 Å². The van der Waals surface area contributed by atoms with Crippen molar-refractivity contribution in [1.82, 2.24) is 4.90 Å². The number of aryl methyl sites for hydroxylation is 1. The van der Waals surface area contributed by atoms with Crippen LogP contribution in [0.1, 0.15) is 32.8 Å². The van der Waals surface area contributed by atoms with Crippen molar-refractivity contribution in [3.05, 3.63) is 88.3 Å². The number of benzene rings is 2. The molecule has 2 aliphatic heterocycles. The van der Waals surface area contributed by atoms with Crippen molar-refractivity contribution < 1.29 is 23.1 Å². The average Bonchev–Trinajstić information content (AvgIpc) is 3.37. The van der Waals surface area contributed by atoms with Gasteiger partial charge in [-0.3, -0.25) is 9.69 Å². The highest BCUT2D eigenvalue weighted by Gasteiger charge is 2.35. The normalized spacial score (nSPS) is 16.9. The van der Waals surface area contributed by atoms with Crippen LogP contribution in [-0.4, -0.2) is 24.0 Å². The highest BCUT2D eigenvalue weighted by Crippen LogP contribution is 2.44. The predicted octanol–water partition coefficient (Wildman–Crippen LogP) is 4.74. The number of allylic oxidation sites excluding steroid dienone is 1. The van der Waals surface area contributed by atoms with Gasteiger partial charge < -0.3 is 13.9 Å². The maximum Gasteiger partial charge on any atom is 0.232 e. The van der Waals surface area contributed by atoms with Gasteiger partial charge in [0, 0.05) is 19.2 Å². The van der Waals surface area contributed by atoms with Gasteiger partial charge in [0.05, 0.1) is 17.4 Å². The number of carbonyl (C=O) groups is 1. The minimum absolute atomic E-state index is 0.148. The fraction of sp³-hybridized carbons (Fsp3) is 0.208. The first-order chi connectivity index (χ1) is 14.6. The molecule has 0 saturated heterocycles. The van der Waals surface area contributed by atoms with Gasteiger partial charge in [-0.1, -0.05) is 12.1 Å². The molecule has 0 spiro atoms. The van der Waals surface area contributed by atoms with Crippen molar-refractivity contribution in [2.75, 3.05) is 13.3 Å². The highest BCUT2D eigenvalue weighted by molar-refractivity contribution is 6.15. The van der Waals surface area contributed by atoms with Crippen LogP contribution in [0.25, 0.3) is 6.08 Å². The first-order valence-corrected chi connectivity index (χ1v) is 9.82. The molecule has 2 aliphatic rings. The third kappa shape index (κ3) is 3.39. The van der Waals surface area contributed by atoms with Crippen LogP contribution in [0.4, 0.5) is 4.39 Å². The molecule has 6 heteroatoms. The molecular formula is C24H20FNO4. The molecule has 30 heavy (non-hydrogen) atoms. The van der Waals surface area contributed by atoms with Crippen LogP contribution in [-0.2, 0) is 13.0 Å². The predicted molar refractivity (Wildman–Crippen MR) is 109 cm³/mol. The van der Waals surface area contributed by atoms with Crippen molar-refractivity contribution in [2.45, 2.75) is 19.9 Å². The maximum atomic E-state index is 13.1. The highest BCUT2D eigenvalue weighted by atomic mass is 19.1. The molecule has 0 unspecified atom stereocenters. The van der Waals surface area contributed by atoms with Crippen LogP contribution in [0, 0.1) is 12.7 Å². The van der Waals surface area contributed by atoms with Gasteiger partial charge in [0.2, 0.25) is 5.78 Å². The number of nitrogens with zero attached hydrogens (tertiary/aromatic N) is 1. The van der Waals surface area contributed by atoms with E-state index in [1.807, 2.05) is 13.0 Å². The lowest BCUT2D eigenvalue weighted by molar-refractivity contribution is 0.0949. The van der Waals surface area contributed by atoms with Crippen LogP contribution >= 0.6 is 0 Å². The monoisotopic (exact) mass is 405 g/mol. The number of carbonyl (C=O) groups excluding carboxylic acids is 1. The smallest absolute Gasteiger partial charge is 0.232 e. The molecule has 0 fully saturated rings. The van der Waals surface area contributed by atoms with Crippen LogP contribution in [0.15, 0.2) is 58.9 Å². The first kappa shape index (κ1) is 18.6. The molecule has 2 aromatic carbocycles. The van der Waals surface area contributed by atoms with Crippen molar-refractivity contribution in [1.29, 1.82) is 0 Å². The van der Waals surface area contributed by atoms with E-state index in [9.17, 15) is 9.18 Å². The first-order valence-electron chi connectivity index (χ1n) is 9.82. The number of halogens is 1. The summed E-state index contributed by atoms with van der Waals surface area (Å²) in [6.45, 7) is 3.70. The van der Waals surface area contributed by atoms with Gasteiger partial charge in [-0.2, -0.15) is 0 Å². The summed E-state index contributed by atoms with van der Waals surface area (Å²) >= 11 is 0. The van der Waals surface area contributed by atoms with Crippen molar-refractivity contribution in [3.63, 3.8) is 0 Å². The Labute approximate surface area is 173 Å². The lowest BCUT2D eigenvalue weighted by atomic mass is 9.98. The molecule has 0 saturated carbocycles. The molecule has 5 nitrogen and oxygen atoms in total. The zero-order chi connectivity index (χ0) is 20.7. The lowest BCUT2D eigenvalue weighted by Crippen LogP contribution is -2.33. The summed E-state index contributed by atoms with van der Waals surface area (Å²) in [5.74, 6) is 1.75. The van der Waals surface area contributed by atoms with Gasteiger partial charge in [0.1, 0.15) is 29.8 Å². The number of furan rings is 1. The van der Waals surface area contributed by atoms with E-state index in [2.05, 4.69) is 4.90 Å². The summed E-state index contributed by atoms with van der Waals surface area (Å²) in [5, 5.41) is 0. The Morgan fingerprint density at radius 2 is 2.03 bits per heavy atom. The fourth-order valence-electron chi connectivity index (χ4n) is 3.86. The average molecular weight is 405 g/mol. The minimum Gasteiger partial charge on any atom is -0.478 e. The molecule has 0 bridgehead atoms. The Morgan fingerprint density at radius 3 is 2.80 bits per heavy atom. The molecule has 0 atom stereocenters. The second-order valence-corrected chi connectivity index (χ2v) is 7.53. The largest absolute Gasteiger partial charge is 0.478 e. The molecular weight excluding hydrogens is 385 g/mol. The van der Waals surface area contributed by atoms with E-state index in [0.717, 1.165) is 35.4 Å². The minimum atomic E-state index is -0.236. The van der Waals surface area contributed by atoms with Crippen molar-refractivity contribution in [3.8, 4) is 11.5 Å². The zero-order valence-electron chi connectivity index (χ0n) is 16.5. The number of fused-ring (bicyclic) bond motifs is 3. The van der Waals surface area contributed by atoms with Gasteiger partial charge >= 0.3 is 0 Å². The maximum absolute atomic E-state index is 13.1. The van der Waals surface area contributed by atoms with E-state index in [-0.39, 0.29) is 17.4 Å². The SMILES string of the molecule is Cc1cc2c(c3c1C(=O)/C(=C\c1ccco1)O3)CN(CCc1ccc(F)cc1)CO2. The van der Waals surface area contributed by atoms with E-state index < -0.39 is 0 Å². The molecule has 3 aromatic rings. The molecule has 5 rings (SSSR count). The number of ketones is 1. The number of hydrogen-bond donors (Lipinski definition) is 0. The van der Waals surface area contributed by atoms with E-state index in [4.69, 9.17) is 13.9 Å². The number of hydrogen-bond acceptors (Lipinski definition) is 5. The number of ether oxygens (including phenoxy) is 2. The fourth-order valence-corrected chi connectivity index (χ4v) is 3.86. The summed E-state index contributed by atoms with van der Waals surface area (Å²) in [6, 6.07) is 12.0. The lowest BCUT2D eigenvalue weighted by Gasteiger charge is -2.30. The summed E-state index contributed by atoms with van der Waals surface area (Å²) in [5.41, 5.74) is 3.34. The van der Waals surface area contributed by atoms with E-state index >= 15 is 0 Å². The third-order valence-corrected chi connectivity index (χ3v) is 5.43. The van der Waals surface area contributed by atoms with Gasteiger partial charge in [0.25, 0.3) is 0 Å². The molecule has 0 N–H and O–H groups in total. The van der Waals surface area contributed by atoms with Crippen LogP contribution in [0.3, 0.4) is 0 Å². The second-order valence-electron chi connectivity index (χ2n) is 7.53. The van der Waals surface area contributed by atoms with Gasteiger partial charge in [-0.25, -0.2) is 4.39 Å². The molecule has 3 heterocycles. The summed E-state index contributed by atoms with van der Waals surface area (Å²) in [7, 11) is 0. The van der Waals surface area contributed by atoms with Gasteiger partial charge in [-0.15, -0.1) is 0 Å². The van der Waals surface area contributed by atoms with Gasteiger partial charge in [0.15, 0.2) is 5.76 Å².